The van der Waals surface area contributed by atoms with Crippen molar-refractivity contribution in [1.82, 2.24) is 10.6 Å². The quantitative estimate of drug-likeness (QED) is 0.722. The summed E-state index contributed by atoms with van der Waals surface area (Å²) in [7, 11) is 0. The van der Waals surface area contributed by atoms with Crippen LogP contribution in [0.3, 0.4) is 0 Å². The smallest absolute Gasteiger partial charge is 0.319 e. The highest BCUT2D eigenvalue weighted by Gasteiger charge is 2.14. The van der Waals surface area contributed by atoms with Gasteiger partial charge in [0.1, 0.15) is 0 Å². The van der Waals surface area contributed by atoms with Crippen LogP contribution in [0.5, 0.6) is 0 Å². The maximum absolute atomic E-state index is 12.2. The summed E-state index contributed by atoms with van der Waals surface area (Å²) in [5, 5.41) is 8.63. The van der Waals surface area contributed by atoms with E-state index in [1.165, 1.54) is 32.1 Å². The van der Waals surface area contributed by atoms with Crippen LogP contribution < -0.4 is 16.0 Å². The van der Waals surface area contributed by atoms with Crippen molar-refractivity contribution in [3.8, 4) is 0 Å². The van der Waals surface area contributed by atoms with E-state index < -0.39 is 0 Å². The average molecular weight is 345 g/mol. The van der Waals surface area contributed by atoms with Gasteiger partial charge in [-0.25, -0.2) is 4.79 Å². The number of benzene rings is 1. The Morgan fingerprint density at radius 3 is 2.56 bits per heavy atom. The lowest BCUT2D eigenvalue weighted by Gasteiger charge is -2.21. The van der Waals surface area contributed by atoms with Crippen LogP contribution in [0.15, 0.2) is 18.2 Å². The van der Waals surface area contributed by atoms with Crippen molar-refractivity contribution >= 4 is 17.6 Å². The van der Waals surface area contributed by atoms with Crippen LogP contribution in [0.2, 0.25) is 0 Å². The molecule has 0 aromatic heterocycles. The van der Waals surface area contributed by atoms with E-state index in [2.05, 4.69) is 16.0 Å². The van der Waals surface area contributed by atoms with Crippen LogP contribution in [0.4, 0.5) is 10.5 Å². The lowest BCUT2D eigenvalue weighted by Crippen LogP contribution is -2.32. The van der Waals surface area contributed by atoms with Gasteiger partial charge in [0.05, 0.1) is 0 Å². The van der Waals surface area contributed by atoms with E-state index in [1.54, 1.807) is 6.07 Å². The zero-order chi connectivity index (χ0) is 18.2. The topological polar surface area (TPSA) is 70.2 Å². The fourth-order valence-corrected chi connectivity index (χ4v) is 3.33. The lowest BCUT2D eigenvalue weighted by molar-refractivity contribution is 0.0942. The second kappa shape index (κ2) is 9.44. The third-order valence-electron chi connectivity index (χ3n) is 4.72. The van der Waals surface area contributed by atoms with Gasteiger partial charge in [0.15, 0.2) is 0 Å². The van der Waals surface area contributed by atoms with Gasteiger partial charge in [-0.1, -0.05) is 38.2 Å². The third kappa shape index (κ3) is 6.40. The second-order valence-electron chi connectivity index (χ2n) is 7.33. The normalized spacial score (nSPS) is 15.0. The molecule has 0 aliphatic heterocycles. The lowest BCUT2D eigenvalue weighted by atomic mass is 9.87. The standard InChI is InChI=1S/C20H31N3O2/c1-14(2)22-19(24)18-13-17(10-9-15(18)3)23-20(25)21-12-11-16-7-5-4-6-8-16/h9-10,13-14,16H,4-8,11-12H2,1-3H3,(H,22,24)(H2,21,23,25). The van der Waals surface area contributed by atoms with Crippen molar-refractivity contribution in [2.45, 2.75) is 65.3 Å². The van der Waals surface area contributed by atoms with E-state index in [9.17, 15) is 9.59 Å². The van der Waals surface area contributed by atoms with Gasteiger partial charge in [-0.15, -0.1) is 0 Å². The van der Waals surface area contributed by atoms with E-state index in [-0.39, 0.29) is 18.0 Å². The molecule has 1 saturated carbocycles. The molecule has 1 fully saturated rings. The second-order valence-corrected chi connectivity index (χ2v) is 7.33. The molecule has 3 amide bonds. The number of carbonyl (C=O) groups excluding carboxylic acids is 2. The number of anilines is 1. The van der Waals surface area contributed by atoms with Crippen molar-refractivity contribution in [2.75, 3.05) is 11.9 Å². The molecule has 1 aromatic rings. The summed E-state index contributed by atoms with van der Waals surface area (Å²) in [6.07, 6.45) is 7.61. The molecule has 5 nitrogen and oxygen atoms in total. The maximum Gasteiger partial charge on any atom is 0.319 e. The summed E-state index contributed by atoms with van der Waals surface area (Å²) in [5.41, 5.74) is 2.12. The Bertz CT molecular complexity index is 593. The van der Waals surface area contributed by atoms with Crippen LogP contribution in [-0.4, -0.2) is 24.5 Å². The number of aryl methyl sites for hydroxylation is 1. The largest absolute Gasteiger partial charge is 0.350 e. The zero-order valence-electron chi connectivity index (χ0n) is 15.7. The summed E-state index contributed by atoms with van der Waals surface area (Å²) in [6, 6.07) is 5.27. The molecule has 0 bridgehead atoms. The monoisotopic (exact) mass is 345 g/mol. The molecule has 138 valence electrons. The van der Waals surface area contributed by atoms with E-state index in [0.29, 0.717) is 17.8 Å². The third-order valence-corrected chi connectivity index (χ3v) is 4.72. The van der Waals surface area contributed by atoms with Crippen molar-refractivity contribution in [2.24, 2.45) is 5.92 Å². The van der Waals surface area contributed by atoms with Crippen molar-refractivity contribution in [3.63, 3.8) is 0 Å². The molecule has 0 saturated heterocycles. The molecule has 0 spiro atoms. The Morgan fingerprint density at radius 1 is 1.16 bits per heavy atom. The molecule has 0 radical (unpaired) electrons. The van der Waals surface area contributed by atoms with Gasteiger partial charge >= 0.3 is 6.03 Å². The number of carbonyl (C=O) groups is 2. The Labute approximate surface area is 151 Å². The molecule has 1 aliphatic carbocycles. The highest BCUT2D eigenvalue weighted by molar-refractivity contribution is 5.98. The molecule has 0 atom stereocenters. The van der Waals surface area contributed by atoms with Gasteiger partial charge in [-0.2, -0.15) is 0 Å². The van der Waals surface area contributed by atoms with Crippen LogP contribution >= 0.6 is 0 Å². The molecule has 2 rings (SSSR count). The molecular formula is C20H31N3O2. The molecule has 0 unspecified atom stereocenters. The van der Waals surface area contributed by atoms with Gasteiger partial charge in [0, 0.05) is 23.8 Å². The summed E-state index contributed by atoms with van der Waals surface area (Å²) < 4.78 is 0. The van der Waals surface area contributed by atoms with Crippen LogP contribution in [0.1, 0.15) is 68.3 Å². The zero-order valence-corrected chi connectivity index (χ0v) is 15.7. The minimum atomic E-state index is -0.213. The summed E-state index contributed by atoms with van der Waals surface area (Å²) in [4.78, 5) is 24.3. The number of hydrogen-bond acceptors (Lipinski definition) is 2. The molecule has 25 heavy (non-hydrogen) atoms. The molecule has 3 N–H and O–H groups in total. The van der Waals surface area contributed by atoms with Crippen molar-refractivity contribution in [1.29, 1.82) is 0 Å². The fraction of sp³-hybridized carbons (Fsp3) is 0.600. The predicted molar refractivity (Wildman–Crippen MR) is 102 cm³/mol. The average Bonchev–Trinajstić information content (AvgIpc) is 2.57. The molecule has 1 aromatic carbocycles. The summed E-state index contributed by atoms with van der Waals surface area (Å²) >= 11 is 0. The number of nitrogens with one attached hydrogen (secondary N) is 3. The first-order valence-corrected chi connectivity index (χ1v) is 9.42. The van der Waals surface area contributed by atoms with Gasteiger partial charge in [0.25, 0.3) is 5.91 Å². The van der Waals surface area contributed by atoms with E-state index >= 15 is 0 Å². The number of amides is 3. The highest BCUT2D eigenvalue weighted by atomic mass is 16.2. The highest BCUT2D eigenvalue weighted by Crippen LogP contribution is 2.25. The first kappa shape index (κ1) is 19.3. The van der Waals surface area contributed by atoms with Gasteiger partial charge < -0.3 is 16.0 Å². The minimum absolute atomic E-state index is 0.0756. The fourth-order valence-electron chi connectivity index (χ4n) is 3.33. The Balaban J connectivity index is 1.84. The minimum Gasteiger partial charge on any atom is -0.350 e. The van der Waals surface area contributed by atoms with Crippen LogP contribution in [-0.2, 0) is 0 Å². The molecular weight excluding hydrogens is 314 g/mol. The SMILES string of the molecule is Cc1ccc(NC(=O)NCCC2CCCCC2)cc1C(=O)NC(C)C. The number of rotatable bonds is 6. The first-order valence-electron chi connectivity index (χ1n) is 9.42. The number of urea groups is 1. The number of hydrogen-bond donors (Lipinski definition) is 3. The van der Waals surface area contributed by atoms with Crippen molar-refractivity contribution in [3.05, 3.63) is 29.3 Å². The van der Waals surface area contributed by atoms with Gasteiger partial charge in [-0.3, -0.25) is 4.79 Å². The van der Waals surface area contributed by atoms with Gasteiger partial charge in [-0.05, 0) is 50.8 Å². The molecule has 0 heterocycles. The van der Waals surface area contributed by atoms with E-state index in [4.69, 9.17) is 0 Å². The van der Waals surface area contributed by atoms with E-state index in [1.807, 2.05) is 32.9 Å². The maximum atomic E-state index is 12.2. The van der Waals surface area contributed by atoms with Gasteiger partial charge in [0.2, 0.25) is 0 Å². The van der Waals surface area contributed by atoms with Crippen LogP contribution in [0.25, 0.3) is 0 Å². The van der Waals surface area contributed by atoms with Crippen LogP contribution in [0, 0.1) is 12.8 Å². The molecule has 1 aliphatic rings. The van der Waals surface area contributed by atoms with Crippen molar-refractivity contribution < 1.29 is 9.59 Å². The predicted octanol–water partition coefficient (Wildman–Crippen LogP) is 4.23. The summed E-state index contributed by atoms with van der Waals surface area (Å²) in [5.74, 6) is 0.633. The Morgan fingerprint density at radius 2 is 1.88 bits per heavy atom. The first-order chi connectivity index (χ1) is 12.0. The summed E-state index contributed by atoms with van der Waals surface area (Å²) in [6.45, 7) is 6.44. The Kier molecular flexibility index (Phi) is 7.29. The van der Waals surface area contributed by atoms with E-state index in [0.717, 1.165) is 17.9 Å². The molecule has 5 heteroatoms. The Hall–Kier alpha value is -2.04.